The second-order valence-corrected chi connectivity index (χ2v) is 2.41. The molecule has 0 radical (unpaired) electrons. The molecule has 0 aromatic carbocycles. The Hall–Kier alpha value is -1.00. The smallest absolute Gasteiger partial charge is 0.227 e. The van der Waals surface area contributed by atoms with E-state index in [1.54, 1.807) is 0 Å². The van der Waals surface area contributed by atoms with E-state index in [0.717, 1.165) is 6.07 Å². The summed E-state index contributed by atoms with van der Waals surface area (Å²) in [6.07, 6.45) is 0. The van der Waals surface area contributed by atoms with Crippen molar-refractivity contribution in [3.8, 4) is 5.75 Å². The fourth-order valence-electron chi connectivity index (χ4n) is 0.761. The molecule has 1 rings (SSSR count). The molecular formula is C7H7ClO4. The molecule has 0 aliphatic rings. The van der Waals surface area contributed by atoms with Crippen molar-refractivity contribution in [2.75, 3.05) is 0 Å². The summed E-state index contributed by atoms with van der Waals surface area (Å²) in [7, 11) is 0. The minimum Gasteiger partial charge on any atom is -0.502 e. The quantitative estimate of drug-likeness (QED) is 0.670. The van der Waals surface area contributed by atoms with E-state index in [4.69, 9.17) is 26.2 Å². The standard InChI is InChI=1S/C7H7ClO4/c8-2-4-1-5(10)7(11)6(3-9)12-4/h1,9,11H,2-3H2. The lowest BCUT2D eigenvalue weighted by atomic mass is 10.3. The van der Waals surface area contributed by atoms with Crippen LogP contribution in [0, 0.1) is 0 Å². The van der Waals surface area contributed by atoms with Gasteiger partial charge in [0, 0.05) is 6.07 Å². The van der Waals surface area contributed by atoms with Gasteiger partial charge in [-0.3, -0.25) is 4.79 Å². The van der Waals surface area contributed by atoms with Gasteiger partial charge in [0.15, 0.2) is 5.76 Å². The molecule has 1 aromatic heterocycles. The van der Waals surface area contributed by atoms with Crippen LogP contribution >= 0.6 is 11.6 Å². The first kappa shape index (κ1) is 9.09. The minimum absolute atomic E-state index is 0.0303. The topological polar surface area (TPSA) is 70.7 Å². The van der Waals surface area contributed by atoms with E-state index < -0.39 is 17.8 Å². The molecule has 66 valence electrons. The largest absolute Gasteiger partial charge is 0.502 e. The van der Waals surface area contributed by atoms with Crippen LogP contribution in [-0.4, -0.2) is 10.2 Å². The molecule has 0 spiro atoms. The number of alkyl halides is 1. The van der Waals surface area contributed by atoms with E-state index in [1.807, 2.05) is 0 Å². The maximum Gasteiger partial charge on any atom is 0.227 e. The highest BCUT2D eigenvalue weighted by Gasteiger charge is 2.08. The molecule has 0 unspecified atom stereocenters. The Balaban J connectivity index is 3.29. The van der Waals surface area contributed by atoms with Crippen LogP contribution in [-0.2, 0) is 12.5 Å². The van der Waals surface area contributed by atoms with Crippen LogP contribution < -0.4 is 5.43 Å². The zero-order chi connectivity index (χ0) is 9.14. The van der Waals surface area contributed by atoms with Gasteiger partial charge in [-0.25, -0.2) is 0 Å². The van der Waals surface area contributed by atoms with Gasteiger partial charge in [-0.1, -0.05) is 0 Å². The maximum absolute atomic E-state index is 10.9. The van der Waals surface area contributed by atoms with Crippen LogP contribution in [0.15, 0.2) is 15.3 Å². The molecule has 0 aliphatic carbocycles. The summed E-state index contributed by atoms with van der Waals surface area (Å²) in [5.74, 6) is -0.462. The summed E-state index contributed by atoms with van der Waals surface area (Å²) >= 11 is 5.38. The molecule has 0 saturated carbocycles. The van der Waals surface area contributed by atoms with Gasteiger partial charge in [0.2, 0.25) is 11.2 Å². The summed E-state index contributed by atoms with van der Waals surface area (Å²) in [6.45, 7) is -0.522. The van der Waals surface area contributed by atoms with Gasteiger partial charge in [-0.2, -0.15) is 0 Å². The first-order valence-corrected chi connectivity index (χ1v) is 3.74. The van der Waals surface area contributed by atoms with Crippen LogP contribution in [0.1, 0.15) is 11.5 Å². The van der Waals surface area contributed by atoms with E-state index in [1.165, 1.54) is 0 Å². The molecule has 4 nitrogen and oxygen atoms in total. The molecule has 2 N–H and O–H groups in total. The number of rotatable bonds is 2. The molecular weight excluding hydrogens is 184 g/mol. The number of hydrogen-bond donors (Lipinski definition) is 2. The predicted octanol–water partition coefficient (Wildman–Crippen LogP) is 0.576. The molecule has 1 heterocycles. The Bertz CT molecular complexity index is 331. The SMILES string of the molecule is O=c1cc(CCl)oc(CO)c1O. The van der Waals surface area contributed by atoms with Gasteiger partial charge in [0.1, 0.15) is 12.4 Å². The Morgan fingerprint density at radius 3 is 2.75 bits per heavy atom. The zero-order valence-corrected chi connectivity index (χ0v) is 6.84. The van der Waals surface area contributed by atoms with Gasteiger partial charge in [-0.05, 0) is 0 Å². The minimum atomic E-state index is -0.596. The lowest BCUT2D eigenvalue weighted by Gasteiger charge is -2.00. The second-order valence-electron chi connectivity index (χ2n) is 2.14. The van der Waals surface area contributed by atoms with E-state index in [-0.39, 0.29) is 17.4 Å². The van der Waals surface area contributed by atoms with Crippen LogP contribution in [0.25, 0.3) is 0 Å². The maximum atomic E-state index is 10.9. The van der Waals surface area contributed by atoms with Crippen molar-refractivity contribution in [2.45, 2.75) is 12.5 Å². The highest BCUT2D eigenvalue weighted by Crippen LogP contribution is 2.14. The van der Waals surface area contributed by atoms with Crippen molar-refractivity contribution in [2.24, 2.45) is 0 Å². The summed E-state index contributed by atoms with van der Waals surface area (Å²) < 4.78 is 4.86. The van der Waals surface area contributed by atoms with Gasteiger partial charge < -0.3 is 14.6 Å². The Kier molecular flexibility index (Phi) is 2.73. The second kappa shape index (κ2) is 3.60. The molecule has 0 bridgehead atoms. The summed E-state index contributed by atoms with van der Waals surface area (Å²) in [4.78, 5) is 10.9. The van der Waals surface area contributed by atoms with Crippen molar-refractivity contribution in [1.29, 1.82) is 0 Å². The van der Waals surface area contributed by atoms with Crippen molar-refractivity contribution in [3.63, 3.8) is 0 Å². The third kappa shape index (κ3) is 1.60. The predicted molar refractivity (Wildman–Crippen MR) is 42.1 cm³/mol. The fraction of sp³-hybridized carbons (Fsp3) is 0.286. The number of aromatic hydroxyl groups is 1. The molecule has 0 amide bonds. The lowest BCUT2D eigenvalue weighted by Crippen LogP contribution is -2.03. The molecule has 5 heteroatoms. The number of aliphatic hydroxyl groups is 1. The van der Waals surface area contributed by atoms with Gasteiger partial charge in [-0.15, -0.1) is 11.6 Å². The number of aliphatic hydroxyl groups excluding tert-OH is 1. The lowest BCUT2D eigenvalue weighted by molar-refractivity contribution is 0.229. The molecule has 0 saturated heterocycles. The van der Waals surface area contributed by atoms with E-state index in [9.17, 15) is 4.79 Å². The van der Waals surface area contributed by atoms with E-state index in [0.29, 0.717) is 0 Å². The van der Waals surface area contributed by atoms with Crippen molar-refractivity contribution in [3.05, 3.63) is 27.8 Å². The van der Waals surface area contributed by atoms with Gasteiger partial charge in [0.25, 0.3) is 0 Å². The van der Waals surface area contributed by atoms with Gasteiger partial charge >= 0.3 is 0 Å². The molecule has 0 atom stereocenters. The Morgan fingerprint density at radius 2 is 2.25 bits per heavy atom. The van der Waals surface area contributed by atoms with Crippen LogP contribution in [0.5, 0.6) is 5.75 Å². The van der Waals surface area contributed by atoms with E-state index >= 15 is 0 Å². The summed E-state index contributed by atoms with van der Waals surface area (Å²) in [5.41, 5.74) is -0.596. The van der Waals surface area contributed by atoms with Crippen LogP contribution in [0.4, 0.5) is 0 Å². The molecule has 12 heavy (non-hydrogen) atoms. The third-order valence-corrected chi connectivity index (χ3v) is 1.58. The highest BCUT2D eigenvalue weighted by atomic mass is 35.5. The average molecular weight is 191 g/mol. The summed E-state index contributed by atoms with van der Waals surface area (Å²) in [5, 5.41) is 17.6. The first-order chi connectivity index (χ1) is 5.69. The summed E-state index contributed by atoms with van der Waals surface area (Å²) in [6, 6.07) is 1.08. The molecule has 0 aliphatic heterocycles. The zero-order valence-electron chi connectivity index (χ0n) is 6.08. The van der Waals surface area contributed by atoms with Gasteiger partial charge in [0.05, 0.1) is 5.88 Å². The molecule has 0 fully saturated rings. The third-order valence-electron chi connectivity index (χ3n) is 1.32. The molecule has 1 aromatic rings. The van der Waals surface area contributed by atoms with E-state index in [2.05, 4.69) is 0 Å². The Labute approximate surface area is 73.0 Å². The average Bonchev–Trinajstić information content (AvgIpc) is 2.09. The van der Waals surface area contributed by atoms with Crippen molar-refractivity contribution in [1.82, 2.24) is 0 Å². The van der Waals surface area contributed by atoms with Crippen molar-refractivity contribution >= 4 is 11.6 Å². The number of halogens is 1. The number of hydrogen-bond acceptors (Lipinski definition) is 4. The van der Waals surface area contributed by atoms with Crippen LogP contribution in [0.3, 0.4) is 0 Å². The first-order valence-electron chi connectivity index (χ1n) is 3.20. The highest BCUT2D eigenvalue weighted by molar-refractivity contribution is 6.16. The monoisotopic (exact) mass is 190 g/mol. The Morgan fingerprint density at radius 1 is 1.58 bits per heavy atom. The normalized spacial score (nSPS) is 10.2. The van der Waals surface area contributed by atoms with Crippen molar-refractivity contribution < 1.29 is 14.6 Å². The fourth-order valence-corrected chi connectivity index (χ4v) is 0.893. The van der Waals surface area contributed by atoms with Crippen LogP contribution in [0.2, 0.25) is 0 Å².